The number of unbranched alkanes of at least 4 members (excludes halogenated alkanes) is 2. The molecule has 0 aliphatic rings. The van der Waals surface area contributed by atoms with Gasteiger partial charge in [0.2, 0.25) is 0 Å². The van der Waals surface area contributed by atoms with Crippen molar-refractivity contribution in [2.24, 2.45) is 0 Å². The van der Waals surface area contributed by atoms with Crippen molar-refractivity contribution < 1.29 is 13.9 Å². The van der Waals surface area contributed by atoms with E-state index >= 15 is 0 Å². The first-order valence-electron chi connectivity index (χ1n) is 15.3. The number of hydrogen-bond donors (Lipinski definition) is 2. The lowest BCUT2D eigenvalue weighted by Crippen LogP contribution is -2.27. The fourth-order valence-electron chi connectivity index (χ4n) is 3.74. The molecular formula is C34H52N4O4. The first-order valence-corrected chi connectivity index (χ1v) is 15.3. The Hall–Kier alpha value is -3.94. The maximum absolute atomic E-state index is 12.4. The first-order chi connectivity index (χ1) is 20.4. The third kappa shape index (κ3) is 13.1. The number of rotatable bonds is 11. The minimum Gasteiger partial charge on any atom is -0.467 e. The Kier molecular flexibility index (Phi) is 18.7. The molecule has 3 N–H and O–H groups in total. The molecule has 4 rings (SSSR count). The van der Waals surface area contributed by atoms with Crippen molar-refractivity contribution >= 4 is 28.4 Å². The number of benzene rings is 2. The summed E-state index contributed by atoms with van der Waals surface area (Å²) in [7, 11) is 0. The highest BCUT2D eigenvalue weighted by molar-refractivity contribution is 5.87. The largest absolute Gasteiger partial charge is 0.467 e. The van der Waals surface area contributed by atoms with Crippen LogP contribution in [0.4, 0.5) is 11.4 Å². The van der Waals surface area contributed by atoms with Crippen LogP contribution in [0, 0.1) is 0 Å². The van der Waals surface area contributed by atoms with Crippen LogP contribution in [0.15, 0.2) is 76.1 Å². The van der Waals surface area contributed by atoms with Gasteiger partial charge in [-0.25, -0.2) is 4.79 Å². The molecule has 8 nitrogen and oxygen atoms in total. The molecule has 4 aromatic rings. The van der Waals surface area contributed by atoms with E-state index in [1.54, 1.807) is 23.8 Å². The number of imidazole rings is 1. The van der Waals surface area contributed by atoms with Crippen molar-refractivity contribution in [3.63, 3.8) is 0 Å². The highest BCUT2D eigenvalue weighted by Gasteiger charge is 2.17. The van der Waals surface area contributed by atoms with Crippen molar-refractivity contribution in [1.82, 2.24) is 9.55 Å². The summed E-state index contributed by atoms with van der Waals surface area (Å²) >= 11 is 0. The fraction of sp³-hybridized carbons (Fsp3) is 0.471. The summed E-state index contributed by atoms with van der Waals surface area (Å²) in [4.78, 5) is 29.1. The van der Waals surface area contributed by atoms with Gasteiger partial charge in [0, 0.05) is 13.1 Å². The Labute approximate surface area is 251 Å². The highest BCUT2D eigenvalue weighted by Crippen LogP contribution is 2.30. The molecule has 0 bridgehead atoms. The van der Waals surface area contributed by atoms with E-state index in [0.717, 1.165) is 29.8 Å². The smallest absolute Gasteiger partial charge is 0.326 e. The van der Waals surface area contributed by atoms with Gasteiger partial charge in [0.25, 0.3) is 0 Å². The molecule has 2 aromatic heterocycles. The quantitative estimate of drug-likeness (QED) is 0.137. The van der Waals surface area contributed by atoms with Crippen LogP contribution >= 0.6 is 0 Å². The summed E-state index contributed by atoms with van der Waals surface area (Å²) in [5, 5.41) is 0. The van der Waals surface area contributed by atoms with E-state index in [1.807, 2.05) is 59.5 Å². The number of carbonyl (C=O) groups is 1. The maximum Gasteiger partial charge on any atom is 0.326 e. The van der Waals surface area contributed by atoms with Gasteiger partial charge < -0.3 is 24.8 Å². The van der Waals surface area contributed by atoms with Crippen LogP contribution in [0.25, 0.3) is 11.0 Å². The van der Waals surface area contributed by atoms with E-state index in [0.29, 0.717) is 37.4 Å². The Morgan fingerprint density at radius 1 is 0.952 bits per heavy atom. The average Bonchev–Trinajstić information content (AvgIpc) is 3.62. The van der Waals surface area contributed by atoms with Crippen molar-refractivity contribution in [2.75, 3.05) is 23.8 Å². The zero-order valence-corrected chi connectivity index (χ0v) is 26.5. The maximum atomic E-state index is 12.4. The number of nitrogens with one attached hydrogen (secondary N) is 1. The monoisotopic (exact) mass is 580 g/mol. The summed E-state index contributed by atoms with van der Waals surface area (Å²) in [6.45, 7) is 14.3. The van der Waals surface area contributed by atoms with E-state index in [9.17, 15) is 9.59 Å². The number of aryl methyl sites for hydroxylation is 1. The number of aromatic amines is 1. The number of anilines is 2. The lowest BCUT2D eigenvalue weighted by molar-refractivity contribution is -0.142. The molecule has 0 saturated carbocycles. The minimum atomic E-state index is -0.266. The van der Waals surface area contributed by atoms with Gasteiger partial charge in [0.1, 0.15) is 5.76 Å². The molecular weight excluding hydrogens is 528 g/mol. The Morgan fingerprint density at radius 2 is 1.57 bits per heavy atom. The predicted octanol–water partition coefficient (Wildman–Crippen LogP) is 8.17. The second-order valence-electron chi connectivity index (χ2n) is 9.78. The van der Waals surface area contributed by atoms with E-state index in [1.165, 1.54) is 19.3 Å². The Bertz CT molecular complexity index is 1250. The first kappa shape index (κ1) is 36.1. The Balaban J connectivity index is 0.000000563. The Morgan fingerprint density at radius 3 is 2.07 bits per heavy atom. The third-order valence-corrected chi connectivity index (χ3v) is 5.98. The van der Waals surface area contributed by atoms with Gasteiger partial charge in [-0.3, -0.25) is 9.36 Å². The molecule has 0 atom stereocenters. The van der Waals surface area contributed by atoms with Crippen LogP contribution in [-0.2, 0) is 22.6 Å². The van der Waals surface area contributed by atoms with E-state index in [2.05, 4.69) is 39.6 Å². The number of nitrogens with two attached hydrogens (primary N) is 1. The van der Waals surface area contributed by atoms with Crippen LogP contribution in [0.5, 0.6) is 0 Å². The number of nitrogen functional groups attached to an aromatic ring is 1. The zero-order chi connectivity index (χ0) is 31.2. The van der Waals surface area contributed by atoms with E-state index < -0.39 is 0 Å². The number of H-pyrrole nitrogens is 1. The molecule has 0 spiro atoms. The molecule has 0 unspecified atom stereocenters. The second-order valence-corrected chi connectivity index (χ2v) is 9.78. The standard InChI is InChI=1S/C21H28N4O4.C6H6.C4H10.C3H8/c1-3-5-9-25-19-13-18(16(22)12-17(19)23-21(25)27)24(10-8-20(26)28-4-2)14-15-7-6-11-29-15;1-2-4-6-5-3-1;1-3-4-2;1-3-2/h6-7,11-13H,3-5,8-10,14,22H2,1-2H3,(H,23,27);1-6H;3-4H2,1-2H3;3H2,1-2H3. The van der Waals surface area contributed by atoms with Crippen molar-refractivity contribution in [3.8, 4) is 0 Å². The molecule has 0 fully saturated rings. The van der Waals surface area contributed by atoms with Crippen molar-refractivity contribution in [3.05, 3.63) is 83.2 Å². The molecule has 2 aromatic carbocycles. The summed E-state index contributed by atoms with van der Waals surface area (Å²) in [6, 6.07) is 19.4. The SMILES string of the molecule is CCC.CCCC.CCCCn1c(=O)[nH]c2cc(N)c(N(CCC(=O)OCC)Cc3ccco3)cc21.c1ccccc1. The summed E-state index contributed by atoms with van der Waals surface area (Å²) in [5.74, 6) is 0.490. The minimum absolute atomic E-state index is 0.144. The number of furan rings is 1. The van der Waals surface area contributed by atoms with Gasteiger partial charge in [-0.05, 0) is 37.6 Å². The predicted molar refractivity (Wildman–Crippen MR) is 176 cm³/mol. The molecule has 0 aliphatic carbocycles. The van der Waals surface area contributed by atoms with Crippen LogP contribution in [0.3, 0.4) is 0 Å². The molecule has 232 valence electrons. The topological polar surface area (TPSA) is 106 Å². The van der Waals surface area contributed by atoms with Crippen LogP contribution in [-0.4, -0.2) is 28.7 Å². The lowest BCUT2D eigenvalue weighted by Gasteiger charge is -2.25. The van der Waals surface area contributed by atoms with Crippen LogP contribution < -0.4 is 16.3 Å². The average molecular weight is 581 g/mol. The number of hydrogen-bond acceptors (Lipinski definition) is 6. The van der Waals surface area contributed by atoms with Gasteiger partial charge >= 0.3 is 11.7 Å². The normalized spacial score (nSPS) is 9.95. The summed E-state index contributed by atoms with van der Waals surface area (Å²) in [5.41, 5.74) is 8.96. The number of aromatic nitrogens is 2. The molecule has 8 heteroatoms. The fourth-order valence-corrected chi connectivity index (χ4v) is 3.74. The highest BCUT2D eigenvalue weighted by atomic mass is 16.5. The number of carbonyl (C=O) groups excluding carboxylic acids is 1. The van der Waals surface area contributed by atoms with Gasteiger partial charge in [0.05, 0.1) is 48.2 Å². The second kappa shape index (κ2) is 21.8. The van der Waals surface area contributed by atoms with E-state index in [-0.39, 0.29) is 18.1 Å². The molecule has 0 radical (unpaired) electrons. The van der Waals surface area contributed by atoms with Crippen molar-refractivity contribution in [1.29, 1.82) is 0 Å². The molecule has 0 aliphatic heterocycles. The molecule has 0 amide bonds. The number of esters is 1. The van der Waals surface area contributed by atoms with Crippen molar-refractivity contribution in [2.45, 2.75) is 93.2 Å². The van der Waals surface area contributed by atoms with E-state index in [4.69, 9.17) is 14.9 Å². The van der Waals surface area contributed by atoms with Crippen LogP contribution in [0.1, 0.15) is 85.8 Å². The number of ether oxygens (including phenoxy) is 1. The van der Waals surface area contributed by atoms with Gasteiger partial charge in [-0.1, -0.05) is 96.7 Å². The van der Waals surface area contributed by atoms with Gasteiger partial charge in [-0.2, -0.15) is 0 Å². The number of fused-ring (bicyclic) bond motifs is 1. The number of nitrogens with zero attached hydrogens (tertiary/aromatic N) is 2. The molecule has 0 saturated heterocycles. The summed E-state index contributed by atoms with van der Waals surface area (Å²) < 4.78 is 12.3. The zero-order valence-electron chi connectivity index (χ0n) is 26.5. The summed E-state index contributed by atoms with van der Waals surface area (Å²) in [6.07, 6.45) is 7.62. The molecule has 42 heavy (non-hydrogen) atoms. The lowest BCUT2D eigenvalue weighted by atomic mass is 10.2. The van der Waals surface area contributed by atoms with Gasteiger partial charge in [0.15, 0.2) is 0 Å². The third-order valence-electron chi connectivity index (χ3n) is 5.98. The molecule has 2 heterocycles. The van der Waals surface area contributed by atoms with Gasteiger partial charge in [-0.15, -0.1) is 0 Å². The van der Waals surface area contributed by atoms with Crippen LogP contribution in [0.2, 0.25) is 0 Å².